The van der Waals surface area contributed by atoms with Gasteiger partial charge in [0.05, 0.1) is 16.2 Å². The number of thioether (sulfide) groups is 1. The lowest BCUT2D eigenvalue weighted by atomic mass is 10.1. The highest BCUT2D eigenvalue weighted by Gasteiger charge is 2.33. The molecule has 0 bridgehead atoms. The first kappa shape index (κ1) is 22.6. The lowest BCUT2D eigenvalue weighted by molar-refractivity contribution is -0.121. The van der Waals surface area contributed by atoms with Gasteiger partial charge in [-0.2, -0.15) is 0 Å². The van der Waals surface area contributed by atoms with Gasteiger partial charge in [0.15, 0.2) is 4.32 Å². The van der Waals surface area contributed by atoms with Crippen LogP contribution in [0.2, 0.25) is 0 Å². The van der Waals surface area contributed by atoms with Crippen LogP contribution in [-0.2, 0) is 4.79 Å². The average molecular weight is 480 g/mol. The van der Waals surface area contributed by atoms with Gasteiger partial charge in [0.2, 0.25) is 0 Å². The number of rotatable bonds is 6. The van der Waals surface area contributed by atoms with E-state index in [4.69, 9.17) is 16.6 Å². The number of carbonyl (C=O) groups excluding carboxylic acids is 1. The fraction of sp³-hybridized carbons (Fsp3) is 0.125. The van der Waals surface area contributed by atoms with Crippen molar-refractivity contribution < 1.29 is 19.1 Å². The van der Waals surface area contributed by atoms with E-state index in [2.05, 4.69) is 11.5 Å². The number of hydrogen-bond acceptors (Lipinski definition) is 7. The second kappa shape index (κ2) is 9.13. The molecule has 33 heavy (non-hydrogen) atoms. The van der Waals surface area contributed by atoms with Crippen LogP contribution in [0, 0.1) is 6.92 Å². The summed E-state index contributed by atoms with van der Waals surface area (Å²) in [6.07, 6.45) is 1.64. The molecule has 3 aromatic rings. The van der Waals surface area contributed by atoms with Crippen LogP contribution in [0.4, 0.5) is 11.4 Å². The molecule has 2 heterocycles. The molecular weight excluding hydrogens is 458 g/mol. The molecule has 9 heteroatoms. The first-order chi connectivity index (χ1) is 15.7. The second-order valence-electron chi connectivity index (χ2n) is 7.58. The summed E-state index contributed by atoms with van der Waals surface area (Å²) in [5.74, 6) is -0.258. The van der Waals surface area contributed by atoms with Gasteiger partial charge >= 0.3 is 5.97 Å². The number of benzene rings is 2. The summed E-state index contributed by atoms with van der Waals surface area (Å²) in [7, 11) is 3.98. The van der Waals surface area contributed by atoms with E-state index in [1.165, 1.54) is 11.1 Å². The van der Waals surface area contributed by atoms with Gasteiger partial charge in [-0.25, -0.2) is 9.80 Å². The Morgan fingerprint density at radius 2 is 1.94 bits per heavy atom. The van der Waals surface area contributed by atoms with Crippen molar-refractivity contribution in [1.29, 1.82) is 0 Å². The second-order valence-corrected chi connectivity index (χ2v) is 9.25. The summed E-state index contributed by atoms with van der Waals surface area (Å²) in [6, 6.07) is 16.1. The zero-order valence-electron chi connectivity index (χ0n) is 18.2. The normalized spacial score (nSPS) is 14.8. The zero-order chi connectivity index (χ0) is 23.7. The smallest absolute Gasteiger partial charge is 0.337 e. The third-order valence-electron chi connectivity index (χ3n) is 5.08. The van der Waals surface area contributed by atoms with E-state index < -0.39 is 5.97 Å². The van der Waals surface area contributed by atoms with Crippen LogP contribution >= 0.6 is 24.0 Å². The van der Waals surface area contributed by atoms with E-state index in [1.54, 1.807) is 30.3 Å². The number of carbonyl (C=O) groups is 2. The van der Waals surface area contributed by atoms with Crippen LogP contribution in [0.5, 0.6) is 0 Å². The van der Waals surface area contributed by atoms with Crippen LogP contribution in [0.3, 0.4) is 0 Å². The molecule has 7 nitrogen and oxygen atoms in total. The Kier molecular flexibility index (Phi) is 6.26. The van der Waals surface area contributed by atoms with Crippen LogP contribution in [-0.4, -0.2) is 40.4 Å². The summed E-state index contributed by atoms with van der Waals surface area (Å²) < 4.78 is 6.26. The highest BCUT2D eigenvalue weighted by molar-refractivity contribution is 8.26. The van der Waals surface area contributed by atoms with Crippen LogP contribution in [0.15, 0.2) is 63.9 Å². The van der Waals surface area contributed by atoms with E-state index >= 15 is 0 Å². The minimum Gasteiger partial charge on any atom is -0.478 e. The Morgan fingerprint density at radius 3 is 2.64 bits per heavy atom. The lowest BCUT2D eigenvalue weighted by Crippen LogP contribution is -2.34. The fourth-order valence-corrected chi connectivity index (χ4v) is 4.52. The Morgan fingerprint density at radius 1 is 1.18 bits per heavy atom. The number of nitrogens with zero attached hydrogens (tertiary/aromatic N) is 2. The number of nitrogens with one attached hydrogen (secondary N) is 1. The molecule has 2 aromatic carbocycles. The van der Waals surface area contributed by atoms with Crippen LogP contribution in [0.25, 0.3) is 17.4 Å². The number of anilines is 2. The van der Waals surface area contributed by atoms with Crippen LogP contribution in [0.1, 0.15) is 21.7 Å². The van der Waals surface area contributed by atoms with Crippen molar-refractivity contribution >= 4 is 57.6 Å². The lowest BCUT2D eigenvalue weighted by Gasteiger charge is -2.18. The van der Waals surface area contributed by atoms with E-state index in [1.807, 2.05) is 44.1 Å². The molecule has 0 saturated carbocycles. The maximum atomic E-state index is 12.9. The van der Waals surface area contributed by atoms with Crippen molar-refractivity contribution in [2.24, 2.45) is 0 Å². The highest BCUT2D eigenvalue weighted by atomic mass is 32.2. The molecule has 168 valence electrons. The minimum absolute atomic E-state index is 0.0434. The van der Waals surface area contributed by atoms with Gasteiger partial charge in [0.1, 0.15) is 11.5 Å². The molecule has 0 radical (unpaired) electrons. The first-order valence-electron chi connectivity index (χ1n) is 9.99. The number of aryl methyl sites for hydroxylation is 1. The van der Waals surface area contributed by atoms with E-state index in [9.17, 15) is 14.7 Å². The molecule has 1 aliphatic rings. The summed E-state index contributed by atoms with van der Waals surface area (Å²) in [6.45, 7) is 2.02. The molecule has 4 rings (SSSR count). The number of carboxylic acid groups (broad SMARTS) is 1. The number of thiocarbonyl (C=S) groups is 1. The number of hydrogen-bond donors (Lipinski definition) is 2. The molecule has 1 amide bonds. The topological polar surface area (TPSA) is 86.0 Å². The van der Waals surface area contributed by atoms with Crippen molar-refractivity contribution in [3.8, 4) is 11.3 Å². The predicted molar refractivity (Wildman–Crippen MR) is 135 cm³/mol. The SMILES string of the molecule is Cc1cc(N(C)C)ccc1-c1ccc(C=C2SC(=S)N(Nc3ccccc3C(=O)O)C2=O)o1. The zero-order valence-corrected chi connectivity index (χ0v) is 19.8. The Labute approximate surface area is 200 Å². The Balaban J connectivity index is 1.56. The van der Waals surface area contributed by atoms with Crippen molar-refractivity contribution in [3.63, 3.8) is 0 Å². The molecule has 0 atom stereocenters. The number of hydrazine groups is 1. The van der Waals surface area contributed by atoms with E-state index in [0.717, 1.165) is 28.6 Å². The number of amides is 1. The molecule has 1 aromatic heterocycles. The largest absolute Gasteiger partial charge is 0.478 e. The summed E-state index contributed by atoms with van der Waals surface area (Å²) in [4.78, 5) is 26.8. The van der Waals surface area contributed by atoms with Crippen molar-refractivity contribution in [2.45, 2.75) is 6.92 Å². The molecular formula is C24H21N3O4S2. The molecule has 1 aliphatic heterocycles. The van der Waals surface area contributed by atoms with Gasteiger partial charge in [-0.05, 0) is 67.2 Å². The molecule has 0 spiro atoms. The quantitative estimate of drug-likeness (QED) is 0.366. The maximum absolute atomic E-state index is 12.9. The monoisotopic (exact) mass is 479 g/mol. The molecule has 1 saturated heterocycles. The Bertz CT molecular complexity index is 1300. The number of aromatic carboxylic acids is 1. The standard InChI is InChI=1S/C24H21N3O4S2/c1-14-12-15(26(2)3)8-10-17(14)20-11-9-16(31-20)13-21-22(28)27(24(32)33-21)25-19-7-5-4-6-18(19)23(29)30/h4-13,25H,1-3H3,(H,29,30). The number of carboxylic acids is 1. The van der Waals surface area contributed by atoms with Gasteiger partial charge in [0, 0.05) is 31.4 Å². The van der Waals surface area contributed by atoms with Gasteiger partial charge in [-0.3, -0.25) is 10.2 Å². The molecule has 1 fully saturated rings. The number of para-hydroxylation sites is 1. The summed E-state index contributed by atoms with van der Waals surface area (Å²) in [5.41, 5.74) is 6.30. The summed E-state index contributed by atoms with van der Waals surface area (Å²) in [5, 5.41) is 10.5. The summed E-state index contributed by atoms with van der Waals surface area (Å²) >= 11 is 6.45. The van der Waals surface area contributed by atoms with Crippen LogP contribution < -0.4 is 10.3 Å². The molecule has 0 aliphatic carbocycles. The molecule has 2 N–H and O–H groups in total. The van der Waals surface area contributed by atoms with Gasteiger partial charge in [-0.15, -0.1) is 0 Å². The van der Waals surface area contributed by atoms with Crippen molar-refractivity contribution in [1.82, 2.24) is 5.01 Å². The van der Waals surface area contributed by atoms with Crippen molar-refractivity contribution in [2.75, 3.05) is 24.4 Å². The highest BCUT2D eigenvalue weighted by Crippen LogP contribution is 2.35. The van der Waals surface area contributed by atoms with E-state index in [0.29, 0.717) is 16.4 Å². The average Bonchev–Trinajstić information content (AvgIpc) is 3.34. The van der Waals surface area contributed by atoms with Gasteiger partial charge in [0.25, 0.3) is 5.91 Å². The third-order valence-corrected chi connectivity index (χ3v) is 6.38. The van der Waals surface area contributed by atoms with Crippen molar-refractivity contribution in [3.05, 3.63) is 76.4 Å². The molecule has 0 unspecified atom stereocenters. The predicted octanol–water partition coefficient (Wildman–Crippen LogP) is 5.25. The first-order valence-corrected chi connectivity index (χ1v) is 11.2. The Hall–Kier alpha value is -3.56. The van der Waals surface area contributed by atoms with E-state index in [-0.39, 0.29) is 21.5 Å². The third kappa shape index (κ3) is 4.64. The fourth-order valence-electron chi connectivity index (χ4n) is 3.36. The maximum Gasteiger partial charge on any atom is 0.337 e. The number of furan rings is 1. The van der Waals surface area contributed by atoms with Gasteiger partial charge in [-0.1, -0.05) is 23.9 Å². The van der Waals surface area contributed by atoms with Gasteiger partial charge < -0.3 is 14.4 Å². The minimum atomic E-state index is -1.10.